The molecule has 0 unspecified atom stereocenters. The summed E-state index contributed by atoms with van der Waals surface area (Å²) in [5, 5.41) is 0. The molecule has 0 N–H and O–H groups in total. The van der Waals surface area contributed by atoms with Gasteiger partial charge in [-0.15, -0.1) is 11.8 Å². The maximum absolute atomic E-state index is 11.0. The molecule has 1 rings (SSSR count). The molecular weight excluding hydrogens is 228 g/mol. The van der Waals surface area contributed by atoms with Crippen LogP contribution >= 0.6 is 11.8 Å². The molecule has 5 heteroatoms. The van der Waals surface area contributed by atoms with Gasteiger partial charge < -0.3 is 14.2 Å². The highest BCUT2D eigenvalue weighted by molar-refractivity contribution is 8.00. The number of benzene rings is 1. The van der Waals surface area contributed by atoms with Gasteiger partial charge in [-0.2, -0.15) is 0 Å². The van der Waals surface area contributed by atoms with Crippen LogP contribution in [0.15, 0.2) is 23.1 Å². The number of rotatable bonds is 5. The molecule has 1 aromatic carbocycles. The summed E-state index contributed by atoms with van der Waals surface area (Å²) in [6.07, 6.45) is 0. The van der Waals surface area contributed by atoms with Gasteiger partial charge in [0.05, 0.1) is 27.1 Å². The molecule has 0 aliphatic rings. The van der Waals surface area contributed by atoms with Crippen molar-refractivity contribution in [3.63, 3.8) is 0 Å². The minimum absolute atomic E-state index is 0.250. The molecule has 0 amide bonds. The van der Waals surface area contributed by atoms with E-state index < -0.39 is 0 Å². The summed E-state index contributed by atoms with van der Waals surface area (Å²) in [4.78, 5) is 11.9. The Kier molecular flexibility index (Phi) is 4.98. The summed E-state index contributed by atoms with van der Waals surface area (Å²) in [5.41, 5.74) is 0. The molecular formula is C11H14O4S. The van der Waals surface area contributed by atoms with Gasteiger partial charge in [0.1, 0.15) is 0 Å². The zero-order valence-electron chi connectivity index (χ0n) is 9.48. The molecule has 0 saturated carbocycles. The molecule has 0 bridgehead atoms. The van der Waals surface area contributed by atoms with E-state index in [9.17, 15) is 4.79 Å². The summed E-state index contributed by atoms with van der Waals surface area (Å²) in [6, 6.07) is 5.50. The van der Waals surface area contributed by atoms with Gasteiger partial charge in [0.15, 0.2) is 11.5 Å². The lowest BCUT2D eigenvalue weighted by Gasteiger charge is -2.08. The average molecular weight is 242 g/mol. The van der Waals surface area contributed by atoms with E-state index in [2.05, 4.69) is 4.74 Å². The molecule has 0 spiro atoms. The van der Waals surface area contributed by atoms with Gasteiger partial charge >= 0.3 is 5.97 Å². The third kappa shape index (κ3) is 3.34. The molecule has 16 heavy (non-hydrogen) atoms. The van der Waals surface area contributed by atoms with Crippen molar-refractivity contribution in [1.82, 2.24) is 0 Å². The number of carbonyl (C=O) groups is 1. The molecule has 88 valence electrons. The van der Waals surface area contributed by atoms with Crippen molar-refractivity contribution >= 4 is 17.7 Å². The highest BCUT2D eigenvalue weighted by atomic mass is 32.2. The molecule has 0 saturated heterocycles. The predicted molar refractivity (Wildman–Crippen MR) is 62.3 cm³/mol. The van der Waals surface area contributed by atoms with Crippen molar-refractivity contribution < 1.29 is 19.0 Å². The zero-order chi connectivity index (χ0) is 12.0. The van der Waals surface area contributed by atoms with Gasteiger partial charge in [0, 0.05) is 4.90 Å². The summed E-state index contributed by atoms with van der Waals surface area (Å²) in [5.74, 6) is 1.36. The molecule has 0 aromatic heterocycles. The Balaban J connectivity index is 2.71. The normalized spacial score (nSPS) is 9.69. The molecule has 0 fully saturated rings. The smallest absolute Gasteiger partial charge is 0.315 e. The molecule has 0 atom stereocenters. The number of esters is 1. The number of ether oxygens (including phenoxy) is 3. The van der Waals surface area contributed by atoms with Crippen LogP contribution in [-0.2, 0) is 9.53 Å². The second-order valence-electron chi connectivity index (χ2n) is 2.88. The van der Waals surface area contributed by atoms with E-state index in [1.807, 2.05) is 12.1 Å². The predicted octanol–water partition coefficient (Wildman–Crippen LogP) is 1.97. The van der Waals surface area contributed by atoms with Gasteiger partial charge in [-0.25, -0.2) is 0 Å². The Bertz CT molecular complexity index is 365. The van der Waals surface area contributed by atoms with Crippen molar-refractivity contribution in [1.29, 1.82) is 0 Å². The lowest BCUT2D eigenvalue weighted by Crippen LogP contribution is -2.02. The lowest BCUT2D eigenvalue weighted by atomic mass is 10.3. The van der Waals surface area contributed by atoms with E-state index in [0.29, 0.717) is 11.5 Å². The van der Waals surface area contributed by atoms with Crippen LogP contribution in [0.1, 0.15) is 0 Å². The van der Waals surface area contributed by atoms with E-state index in [4.69, 9.17) is 9.47 Å². The van der Waals surface area contributed by atoms with Gasteiger partial charge in [-0.05, 0) is 18.2 Å². The van der Waals surface area contributed by atoms with Crippen LogP contribution < -0.4 is 9.47 Å². The van der Waals surface area contributed by atoms with Crippen LogP contribution in [-0.4, -0.2) is 33.1 Å². The molecule has 0 radical (unpaired) electrons. The quantitative estimate of drug-likeness (QED) is 0.583. The Morgan fingerprint density at radius 1 is 1.19 bits per heavy atom. The first-order chi connectivity index (χ1) is 7.71. The summed E-state index contributed by atoms with van der Waals surface area (Å²) >= 11 is 1.39. The number of hydrogen-bond acceptors (Lipinski definition) is 5. The first-order valence-corrected chi connectivity index (χ1v) is 5.61. The van der Waals surface area contributed by atoms with Crippen molar-refractivity contribution in [3.05, 3.63) is 18.2 Å². The Morgan fingerprint density at radius 2 is 1.88 bits per heavy atom. The van der Waals surface area contributed by atoms with Crippen LogP contribution in [0.2, 0.25) is 0 Å². The minimum atomic E-state index is -0.250. The summed E-state index contributed by atoms with van der Waals surface area (Å²) in [7, 11) is 4.53. The van der Waals surface area contributed by atoms with E-state index in [0.717, 1.165) is 4.90 Å². The SMILES string of the molecule is COC(=O)CSc1ccc(OC)c(OC)c1. The van der Waals surface area contributed by atoms with Gasteiger partial charge in [0.25, 0.3) is 0 Å². The van der Waals surface area contributed by atoms with Gasteiger partial charge in [-0.3, -0.25) is 4.79 Å². The topological polar surface area (TPSA) is 44.8 Å². The van der Waals surface area contributed by atoms with Crippen LogP contribution in [0.4, 0.5) is 0 Å². The first kappa shape index (κ1) is 12.7. The molecule has 0 heterocycles. The third-order valence-corrected chi connectivity index (χ3v) is 2.91. The molecule has 4 nitrogen and oxygen atoms in total. The van der Waals surface area contributed by atoms with Crippen LogP contribution in [0.25, 0.3) is 0 Å². The van der Waals surface area contributed by atoms with Crippen molar-refractivity contribution in [3.8, 4) is 11.5 Å². The Hall–Kier alpha value is -1.36. The minimum Gasteiger partial charge on any atom is -0.493 e. The fourth-order valence-electron chi connectivity index (χ4n) is 1.11. The first-order valence-electron chi connectivity index (χ1n) is 4.63. The highest BCUT2D eigenvalue weighted by Gasteiger charge is 2.06. The maximum atomic E-state index is 11.0. The molecule has 0 aliphatic carbocycles. The van der Waals surface area contributed by atoms with E-state index in [1.165, 1.54) is 18.9 Å². The monoisotopic (exact) mass is 242 g/mol. The fraction of sp³-hybridized carbons (Fsp3) is 0.364. The standard InChI is InChI=1S/C11H14O4S/c1-13-9-5-4-8(6-10(9)14-2)16-7-11(12)15-3/h4-6H,7H2,1-3H3. The molecule has 0 aliphatic heterocycles. The van der Waals surface area contributed by atoms with E-state index in [-0.39, 0.29) is 11.7 Å². The van der Waals surface area contributed by atoms with E-state index >= 15 is 0 Å². The van der Waals surface area contributed by atoms with Crippen molar-refractivity contribution in [2.45, 2.75) is 4.90 Å². The maximum Gasteiger partial charge on any atom is 0.315 e. The van der Waals surface area contributed by atoms with Crippen molar-refractivity contribution in [2.75, 3.05) is 27.1 Å². The van der Waals surface area contributed by atoms with Crippen LogP contribution in [0.5, 0.6) is 11.5 Å². The van der Waals surface area contributed by atoms with Gasteiger partial charge in [-0.1, -0.05) is 0 Å². The largest absolute Gasteiger partial charge is 0.493 e. The van der Waals surface area contributed by atoms with E-state index in [1.54, 1.807) is 20.3 Å². The van der Waals surface area contributed by atoms with Crippen LogP contribution in [0.3, 0.4) is 0 Å². The number of hydrogen-bond donors (Lipinski definition) is 0. The highest BCUT2D eigenvalue weighted by Crippen LogP contribution is 2.31. The summed E-state index contributed by atoms with van der Waals surface area (Å²) < 4.78 is 14.8. The lowest BCUT2D eigenvalue weighted by molar-refractivity contribution is -0.137. The fourth-order valence-corrected chi connectivity index (χ4v) is 1.86. The summed E-state index contributed by atoms with van der Waals surface area (Å²) in [6.45, 7) is 0. The Morgan fingerprint density at radius 3 is 2.44 bits per heavy atom. The average Bonchev–Trinajstić information content (AvgIpc) is 2.35. The number of methoxy groups -OCH3 is 3. The zero-order valence-corrected chi connectivity index (χ0v) is 10.3. The second kappa shape index (κ2) is 6.27. The van der Waals surface area contributed by atoms with Gasteiger partial charge in [0.2, 0.25) is 0 Å². The molecule has 1 aromatic rings. The Labute approximate surface area is 98.9 Å². The van der Waals surface area contributed by atoms with Crippen LogP contribution in [0, 0.1) is 0 Å². The second-order valence-corrected chi connectivity index (χ2v) is 3.93. The third-order valence-electron chi connectivity index (χ3n) is 1.94. The van der Waals surface area contributed by atoms with Crippen molar-refractivity contribution in [2.24, 2.45) is 0 Å². The number of thioether (sulfide) groups is 1. The number of carbonyl (C=O) groups excluding carboxylic acids is 1.